The zero-order chi connectivity index (χ0) is 13.3. The molecule has 0 amide bonds. The van der Waals surface area contributed by atoms with E-state index in [4.69, 9.17) is 9.47 Å². The standard InChI is InChI=1S/C10H14.C5H12O2/c1-3-9(2)10-7-5-4-6-8-10;1-5(2,6-3)7-4/h4-9H,3H2,1-2H3;1-4H3. The molecule has 2 heteroatoms. The molecule has 0 aromatic heterocycles. The zero-order valence-corrected chi connectivity index (χ0v) is 12.0. The lowest BCUT2D eigenvalue weighted by molar-refractivity contribution is -0.178. The van der Waals surface area contributed by atoms with Gasteiger partial charge in [0.05, 0.1) is 0 Å². The van der Waals surface area contributed by atoms with E-state index < -0.39 is 5.79 Å². The second kappa shape index (κ2) is 8.26. The molecule has 1 aromatic carbocycles. The minimum absolute atomic E-state index is 0.417. The van der Waals surface area contributed by atoms with Crippen LogP contribution in [-0.4, -0.2) is 20.0 Å². The molecule has 0 aliphatic rings. The number of methoxy groups -OCH3 is 2. The normalized spacial score (nSPS) is 12.6. The molecule has 1 unspecified atom stereocenters. The van der Waals surface area contributed by atoms with Gasteiger partial charge in [-0.1, -0.05) is 44.2 Å². The molecule has 0 N–H and O–H groups in total. The maximum absolute atomic E-state index is 4.86. The lowest BCUT2D eigenvalue weighted by atomic mass is 9.99. The zero-order valence-electron chi connectivity index (χ0n) is 12.0. The van der Waals surface area contributed by atoms with Gasteiger partial charge in [-0.25, -0.2) is 0 Å². The second-order valence-electron chi connectivity index (χ2n) is 4.53. The predicted molar refractivity (Wildman–Crippen MR) is 73.2 cm³/mol. The van der Waals surface area contributed by atoms with Crippen molar-refractivity contribution in [1.82, 2.24) is 0 Å². The smallest absolute Gasteiger partial charge is 0.161 e. The van der Waals surface area contributed by atoms with E-state index in [1.807, 2.05) is 13.8 Å². The van der Waals surface area contributed by atoms with Gasteiger partial charge in [0.25, 0.3) is 0 Å². The van der Waals surface area contributed by atoms with Gasteiger partial charge in [0.15, 0.2) is 5.79 Å². The number of rotatable bonds is 4. The first-order valence-corrected chi connectivity index (χ1v) is 6.12. The van der Waals surface area contributed by atoms with Crippen molar-refractivity contribution in [2.75, 3.05) is 14.2 Å². The number of hydrogen-bond donors (Lipinski definition) is 0. The van der Waals surface area contributed by atoms with Crippen molar-refractivity contribution < 1.29 is 9.47 Å². The third-order valence-electron chi connectivity index (χ3n) is 2.96. The summed E-state index contributed by atoms with van der Waals surface area (Å²) < 4.78 is 9.73. The van der Waals surface area contributed by atoms with Crippen LogP contribution < -0.4 is 0 Å². The Labute approximate surface area is 106 Å². The van der Waals surface area contributed by atoms with E-state index in [2.05, 4.69) is 44.2 Å². The van der Waals surface area contributed by atoms with E-state index in [9.17, 15) is 0 Å². The summed E-state index contributed by atoms with van der Waals surface area (Å²) in [6.45, 7) is 8.19. The molecular weight excluding hydrogens is 212 g/mol. The highest BCUT2D eigenvalue weighted by atomic mass is 16.7. The average molecular weight is 238 g/mol. The van der Waals surface area contributed by atoms with E-state index in [0.717, 1.165) is 0 Å². The van der Waals surface area contributed by atoms with Gasteiger partial charge in [-0.3, -0.25) is 0 Å². The van der Waals surface area contributed by atoms with Gasteiger partial charge >= 0.3 is 0 Å². The van der Waals surface area contributed by atoms with Crippen molar-refractivity contribution in [3.8, 4) is 0 Å². The van der Waals surface area contributed by atoms with E-state index in [0.29, 0.717) is 5.92 Å². The molecule has 0 saturated heterocycles. The monoisotopic (exact) mass is 238 g/mol. The number of hydrogen-bond acceptors (Lipinski definition) is 2. The van der Waals surface area contributed by atoms with Crippen molar-refractivity contribution in [1.29, 1.82) is 0 Å². The molecule has 1 rings (SSSR count). The fourth-order valence-corrected chi connectivity index (χ4v) is 1.10. The van der Waals surface area contributed by atoms with Crippen LogP contribution in [0.2, 0.25) is 0 Å². The SMILES string of the molecule is CCC(C)c1ccccc1.COC(C)(C)OC. The summed E-state index contributed by atoms with van der Waals surface area (Å²) in [5, 5.41) is 0. The first-order valence-electron chi connectivity index (χ1n) is 6.12. The molecular formula is C15H26O2. The first-order chi connectivity index (χ1) is 7.96. The van der Waals surface area contributed by atoms with Crippen LogP contribution >= 0.6 is 0 Å². The Bertz CT molecular complexity index is 274. The maximum atomic E-state index is 4.86. The highest BCUT2D eigenvalue weighted by Crippen LogP contribution is 2.16. The fraction of sp³-hybridized carbons (Fsp3) is 0.600. The molecule has 17 heavy (non-hydrogen) atoms. The largest absolute Gasteiger partial charge is 0.354 e. The summed E-state index contributed by atoms with van der Waals surface area (Å²) in [6.07, 6.45) is 1.23. The van der Waals surface area contributed by atoms with E-state index in [-0.39, 0.29) is 0 Å². The summed E-state index contributed by atoms with van der Waals surface area (Å²) in [4.78, 5) is 0. The predicted octanol–water partition coefficient (Wildman–Crippen LogP) is 4.22. The molecule has 0 spiro atoms. The van der Waals surface area contributed by atoms with Crippen LogP contribution in [0, 0.1) is 0 Å². The molecule has 0 saturated carbocycles. The minimum Gasteiger partial charge on any atom is -0.354 e. The van der Waals surface area contributed by atoms with Gasteiger partial charge in [0.2, 0.25) is 0 Å². The average Bonchev–Trinajstić information content (AvgIpc) is 2.39. The molecule has 98 valence electrons. The Morgan fingerprint density at radius 1 is 1.06 bits per heavy atom. The highest BCUT2D eigenvalue weighted by molar-refractivity contribution is 5.18. The Balaban J connectivity index is 0.000000325. The summed E-state index contributed by atoms with van der Waals surface area (Å²) in [5.74, 6) is 0.293. The fourth-order valence-electron chi connectivity index (χ4n) is 1.10. The van der Waals surface area contributed by atoms with Gasteiger partial charge < -0.3 is 9.47 Å². The van der Waals surface area contributed by atoms with Crippen molar-refractivity contribution in [2.45, 2.75) is 45.8 Å². The Morgan fingerprint density at radius 2 is 1.53 bits per heavy atom. The molecule has 0 heterocycles. The topological polar surface area (TPSA) is 18.5 Å². The van der Waals surface area contributed by atoms with Gasteiger partial charge in [-0.15, -0.1) is 0 Å². The van der Waals surface area contributed by atoms with Gasteiger partial charge in [-0.05, 0) is 31.7 Å². The molecule has 2 nitrogen and oxygen atoms in total. The molecule has 1 aromatic rings. The Morgan fingerprint density at radius 3 is 1.82 bits per heavy atom. The van der Waals surface area contributed by atoms with Crippen LogP contribution in [0.5, 0.6) is 0 Å². The molecule has 0 fully saturated rings. The van der Waals surface area contributed by atoms with Crippen molar-refractivity contribution >= 4 is 0 Å². The first kappa shape index (κ1) is 16.1. The second-order valence-corrected chi connectivity index (χ2v) is 4.53. The van der Waals surface area contributed by atoms with Gasteiger partial charge in [0.1, 0.15) is 0 Å². The van der Waals surface area contributed by atoms with Crippen LogP contribution in [0.3, 0.4) is 0 Å². The van der Waals surface area contributed by atoms with Crippen molar-refractivity contribution in [3.05, 3.63) is 35.9 Å². The summed E-state index contributed by atoms with van der Waals surface area (Å²) in [5.41, 5.74) is 1.45. The third-order valence-corrected chi connectivity index (χ3v) is 2.96. The molecule has 0 radical (unpaired) electrons. The molecule has 0 aliphatic heterocycles. The minimum atomic E-state index is -0.417. The Hall–Kier alpha value is -0.860. The number of benzene rings is 1. The van der Waals surface area contributed by atoms with Crippen molar-refractivity contribution in [2.24, 2.45) is 0 Å². The number of ether oxygens (including phenoxy) is 2. The van der Waals surface area contributed by atoms with Crippen LogP contribution in [-0.2, 0) is 9.47 Å². The quantitative estimate of drug-likeness (QED) is 0.731. The Kier molecular flexibility index (Phi) is 7.85. The van der Waals surface area contributed by atoms with Gasteiger partial charge in [0, 0.05) is 14.2 Å². The highest BCUT2D eigenvalue weighted by Gasteiger charge is 2.11. The van der Waals surface area contributed by atoms with E-state index in [1.165, 1.54) is 12.0 Å². The summed E-state index contributed by atoms with van der Waals surface area (Å²) in [6, 6.07) is 10.6. The van der Waals surface area contributed by atoms with Crippen LogP contribution in [0.4, 0.5) is 0 Å². The van der Waals surface area contributed by atoms with Crippen LogP contribution in [0.15, 0.2) is 30.3 Å². The maximum Gasteiger partial charge on any atom is 0.161 e. The molecule has 0 bridgehead atoms. The van der Waals surface area contributed by atoms with E-state index in [1.54, 1.807) is 14.2 Å². The van der Waals surface area contributed by atoms with Gasteiger partial charge in [-0.2, -0.15) is 0 Å². The lowest BCUT2D eigenvalue weighted by Crippen LogP contribution is -2.24. The van der Waals surface area contributed by atoms with E-state index >= 15 is 0 Å². The van der Waals surface area contributed by atoms with Crippen molar-refractivity contribution in [3.63, 3.8) is 0 Å². The van der Waals surface area contributed by atoms with Crippen LogP contribution in [0.25, 0.3) is 0 Å². The molecule has 1 atom stereocenters. The summed E-state index contributed by atoms with van der Waals surface area (Å²) in [7, 11) is 3.23. The molecule has 0 aliphatic carbocycles. The van der Waals surface area contributed by atoms with Crippen LogP contribution in [0.1, 0.15) is 45.6 Å². The lowest BCUT2D eigenvalue weighted by Gasteiger charge is -2.19. The third kappa shape index (κ3) is 7.14. The summed E-state index contributed by atoms with van der Waals surface area (Å²) >= 11 is 0.